The first-order valence-electron chi connectivity index (χ1n) is 5.60. The van der Waals surface area contributed by atoms with Crippen molar-refractivity contribution in [2.24, 2.45) is 0 Å². The zero-order valence-electron chi connectivity index (χ0n) is 9.86. The van der Waals surface area contributed by atoms with E-state index in [1.54, 1.807) is 0 Å². The van der Waals surface area contributed by atoms with Gasteiger partial charge in [-0.1, -0.05) is 0 Å². The molecule has 0 unspecified atom stereocenters. The third-order valence-corrected chi connectivity index (χ3v) is 2.23. The number of hydrogen-bond acceptors (Lipinski definition) is 4. The summed E-state index contributed by atoms with van der Waals surface area (Å²) in [5.74, 6) is -2.04. The number of anilines is 1. The number of aromatic carboxylic acids is 1. The molecule has 0 aliphatic carbocycles. The van der Waals surface area contributed by atoms with Gasteiger partial charge in [0.25, 0.3) is 0 Å². The molecule has 1 rings (SSSR count). The summed E-state index contributed by atoms with van der Waals surface area (Å²) < 4.78 is 18.4. The molecular weight excluding hydrogens is 241 g/mol. The van der Waals surface area contributed by atoms with Crippen LogP contribution in [-0.2, 0) is 4.74 Å². The second-order valence-electron chi connectivity index (χ2n) is 3.62. The Kier molecular flexibility index (Phi) is 6.10. The van der Waals surface area contributed by atoms with Crippen molar-refractivity contribution in [2.45, 2.75) is 6.42 Å². The van der Waals surface area contributed by atoms with Gasteiger partial charge in [-0.25, -0.2) is 9.18 Å². The quantitative estimate of drug-likeness (QED) is 0.612. The van der Waals surface area contributed by atoms with Crippen LogP contribution in [0, 0.1) is 5.82 Å². The predicted octanol–water partition coefficient (Wildman–Crippen LogP) is 1.33. The number of ether oxygens (including phenoxy) is 1. The van der Waals surface area contributed by atoms with Gasteiger partial charge in [0.15, 0.2) is 0 Å². The lowest BCUT2D eigenvalue weighted by molar-refractivity contribution is 0.0692. The molecule has 0 saturated carbocycles. The third kappa shape index (κ3) is 4.68. The summed E-state index contributed by atoms with van der Waals surface area (Å²) in [4.78, 5) is 10.6. The Balaban J connectivity index is 2.35. The van der Waals surface area contributed by atoms with Crippen LogP contribution in [0.2, 0.25) is 0 Å². The van der Waals surface area contributed by atoms with Crippen LogP contribution in [0.1, 0.15) is 16.8 Å². The van der Waals surface area contributed by atoms with Gasteiger partial charge in [-0.3, -0.25) is 0 Å². The van der Waals surface area contributed by atoms with Gasteiger partial charge in [0, 0.05) is 18.8 Å². The first-order chi connectivity index (χ1) is 8.65. The first kappa shape index (κ1) is 14.4. The molecule has 3 N–H and O–H groups in total. The Morgan fingerprint density at radius 2 is 2.17 bits per heavy atom. The van der Waals surface area contributed by atoms with E-state index in [9.17, 15) is 9.18 Å². The van der Waals surface area contributed by atoms with Crippen LogP contribution in [-0.4, -0.2) is 42.5 Å². The van der Waals surface area contributed by atoms with Crippen molar-refractivity contribution in [3.05, 3.63) is 29.6 Å². The Morgan fingerprint density at radius 1 is 1.39 bits per heavy atom. The van der Waals surface area contributed by atoms with Crippen molar-refractivity contribution >= 4 is 11.7 Å². The van der Waals surface area contributed by atoms with E-state index in [1.807, 2.05) is 0 Å². The van der Waals surface area contributed by atoms with E-state index in [1.165, 1.54) is 12.1 Å². The topological polar surface area (TPSA) is 78.8 Å². The number of carboxylic acids is 1. The Bertz CT molecular complexity index is 398. The van der Waals surface area contributed by atoms with Crippen molar-refractivity contribution in [2.75, 3.05) is 31.7 Å². The molecule has 0 aromatic heterocycles. The van der Waals surface area contributed by atoms with Crippen molar-refractivity contribution in [1.29, 1.82) is 0 Å². The average Bonchev–Trinajstić information content (AvgIpc) is 2.33. The number of benzene rings is 1. The molecule has 0 saturated heterocycles. The summed E-state index contributed by atoms with van der Waals surface area (Å²) in [5.41, 5.74) is 0.187. The fraction of sp³-hybridized carbons (Fsp3) is 0.417. The zero-order valence-corrected chi connectivity index (χ0v) is 9.86. The number of aliphatic hydroxyl groups is 1. The molecule has 1 aromatic rings. The third-order valence-electron chi connectivity index (χ3n) is 2.23. The zero-order chi connectivity index (χ0) is 13.4. The Hall–Kier alpha value is -1.66. The van der Waals surface area contributed by atoms with Crippen LogP contribution >= 0.6 is 0 Å². The lowest BCUT2D eigenvalue weighted by Crippen LogP contribution is -2.08. The fourth-order valence-electron chi connectivity index (χ4n) is 1.37. The van der Waals surface area contributed by atoms with Crippen LogP contribution in [0.4, 0.5) is 10.1 Å². The highest BCUT2D eigenvalue weighted by molar-refractivity contribution is 5.88. The van der Waals surface area contributed by atoms with Crippen LogP contribution in [0.25, 0.3) is 0 Å². The van der Waals surface area contributed by atoms with E-state index >= 15 is 0 Å². The van der Waals surface area contributed by atoms with E-state index < -0.39 is 11.8 Å². The van der Waals surface area contributed by atoms with Crippen molar-refractivity contribution in [3.63, 3.8) is 0 Å². The molecule has 0 spiro atoms. The Morgan fingerprint density at radius 3 is 2.78 bits per heavy atom. The van der Waals surface area contributed by atoms with Crippen LogP contribution in [0.15, 0.2) is 18.2 Å². The van der Waals surface area contributed by atoms with Crippen LogP contribution in [0.3, 0.4) is 0 Å². The van der Waals surface area contributed by atoms with Crippen LogP contribution in [0.5, 0.6) is 0 Å². The molecule has 0 fully saturated rings. The van der Waals surface area contributed by atoms with Gasteiger partial charge in [-0.15, -0.1) is 0 Å². The van der Waals surface area contributed by atoms with Crippen molar-refractivity contribution in [1.82, 2.24) is 0 Å². The van der Waals surface area contributed by atoms with E-state index in [0.29, 0.717) is 31.9 Å². The van der Waals surface area contributed by atoms with Gasteiger partial charge in [-0.05, 0) is 24.6 Å². The second kappa shape index (κ2) is 7.62. The molecule has 6 heteroatoms. The van der Waals surface area contributed by atoms with Gasteiger partial charge in [0.1, 0.15) is 5.82 Å². The highest BCUT2D eigenvalue weighted by Crippen LogP contribution is 2.14. The van der Waals surface area contributed by atoms with Gasteiger partial charge in [0.2, 0.25) is 0 Å². The minimum absolute atomic E-state index is 0.00467. The molecule has 0 aliphatic rings. The molecule has 1 aromatic carbocycles. The van der Waals surface area contributed by atoms with Gasteiger partial charge in [-0.2, -0.15) is 0 Å². The molecule has 0 radical (unpaired) electrons. The Labute approximate surface area is 104 Å². The number of carboxylic acid groups (broad SMARTS) is 1. The second-order valence-corrected chi connectivity index (χ2v) is 3.62. The molecule has 0 heterocycles. The van der Waals surface area contributed by atoms with Crippen LogP contribution < -0.4 is 5.32 Å². The maximum absolute atomic E-state index is 13.3. The van der Waals surface area contributed by atoms with Gasteiger partial charge < -0.3 is 20.3 Å². The molecule has 100 valence electrons. The predicted molar refractivity (Wildman–Crippen MR) is 64.4 cm³/mol. The van der Waals surface area contributed by atoms with E-state index in [4.69, 9.17) is 14.9 Å². The van der Waals surface area contributed by atoms with Gasteiger partial charge in [0.05, 0.1) is 18.8 Å². The summed E-state index contributed by atoms with van der Waals surface area (Å²) in [6.45, 7) is 1.39. The highest BCUT2D eigenvalue weighted by atomic mass is 19.1. The monoisotopic (exact) mass is 257 g/mol. The fourth-order valence-corrected chi connectivity index (χ4v) is 1.37. The number of rotatable bonds is 8. The minimum Gasteiger partial charge on any atom is -0.478 e. The summed E-state index contributed by atoms with van der Waals surface area (Å²) in [5, 5.41) is 20.1. The molecule has 18 heavy (non-hydrogen) atoms. The standard InChI is InChI=1S/C12H16FNO4/c13-11-8-9(2-3-10(11)12(16)17)14-4-1-6-18-7-5-15/h2-3,8,14-15H,1,4-7H2,(H,16,17). The maximum Gasteiger partial charge on any atom is 0.338 e. The minimum atomic E-state index is -1.28. The lowest BCUT2D eigenvalue weighted by atomic mass is 10.2. The normalized spacial score (nSPS) is 10.3. The molecule has 5 nitrogen and oxygen atoms in total. The molecule has 0 atom stereocenters. The maximum atomic E-state index is 13.3. The van der Waals surface area contributed by atoms with E-state index in [2.05, 4.69) is 5.32 Å². The summed E-state index contributed by atoms with van der Waals surface area (Å²) in [6, 6.07) is 3.89. The number of nitrogens with one attached hydrogen (secondary N) is 1. The molecule has 0 aliphatic heterocycles. The van der Waals surface area contributed by atoms with Crippen molar-refractivity contribution < 1.29 is 24.1 Å². The highest BCUT2D eigenvalue weighted by Gasteiger charge is 2.09. The number of carbonyl (C=O) groups is 1. The van der Waals surface area contributed by atoms with Crippen molar-refractivity contribution in [3.8, 4) is 0 Å². The number of aliphatic hydroxyl groups excluding tert-OH is 1. The summed E-state index contributed by atoms with van der Waals surface area (Å²) in [7, 11) is 0. The number of hydrogen-bond donors (Lipinski definition) is 3. The average molecular weight is 257 g/mol. The summed E-state index contributed by atoms with van der Waals surface area (Å²) >= 11 is 0. The van der Waals surface area contributed by atoms with Gasteiger partial charge >= 0.3 is 5.97 Å². The smallest absolute Gasteiger partial charge is 0.338 e. The molecular formula is C12H16FNO4. The van der Waals surface area contributed by atoms with E-state index in [-0.39, 0.29) is 12.2 Å². The SMILES string of the molecule is O=C(O)c1ccc(NCCCOCCO)cc1F. The molecule has 0 bridgehead atoms. The molecule has 0 amide bonds. The first-order valence-corrected chi connectivity index (χ1v) is 5.60. The lowest BCUT2D eigenvalue weighted by Gasteiger charge is -2.07. The summed E-state index contributed by atoms with van der Waals surface area (Å²) in [6.07, 6.45) is 0.711. The largest absolute Gasteiger partial charge is 0.478 e. The number of halogens is 1. The van der Waals surface area contributed by atoms with E-state index in [0.717, 1.165) is 6.07 Å².